The number of aromatic amines is 1. The van der Waals surface area contributed by atoms with Gasteiger partial charge in [0.2, 0.25) is 0 Å². The van der Waals surface area contributed by atoms with E-state index in [2.05, 4.69) is 15.6 Å². The SMILES string of the molecule is O=C(NCCn1c(=O)[nH]c2ccccc21)NCc1cccc(Cl)c1. The number of benzene rings is 2. The Morgan fingerprint density at radius 1 is 1.12 bits per heavy atom. The molecule has 3 N–H and O–H groups in total. The number of imidazole rings is 1. The second kappa shape index (κ2) is 7.23. The van der Waals surface area contributed by atoms with E-state index in [-0.39, 0.29) is 11.7 Å². The Morgan fingerprint density at radius 2 is 1.96 bits per heavy atom. The molecule has 0 bridgehead atoms. The van der Waals surface area contributed by atoms with Gasteiger partial charge in [0.05, 0.1) is 11.0 Å². The minimum atomic E-state index is -0.289. The van der Waals surface area contributed by atoms with Crippen LogP contribution in [0.5, 0.6) is 0 Å². The fourth-order valence-electron chi connectivity index (χ4n) is 2.50. The first-order valence-electron chi connectivity index (χ1n) is 7.57. The number of aromatic nitrogens is 2. The molecule has 3 aromatic rings. The third-order valence-electron chi connectivity index (χ3n) is 3.64. The van der Waals surface area contributed by atoms with Gasteiger partial charge in [-0.15, -0.1) is 0 Å². The maximum absolute atomic E-state index is 11.9. The van der Waals surface area contributed by atoms with Gasteiger partial charge in [-0.05, 0) is 29.8 Å². The zero-order chi connectivity index (χ0) is 16.9. The summed E-state index contributed by atoms with van der Waals surface area (Å²) in [7, 11) is 0. The quantitative estimate of drug-likeness (QED) is 0.665. The number of fused-ring (bicyclic) bond motifs is 1. The van der Waals surface area contributed by atoms with Crippen molar-refractivity contribution in [3.05, 3.63) is 69.6 Å². The van der Waals surface area contributed by atoms with Gasteiger partial charge in [-0.1, -0.05) is 35.9 Å². The molecule has 0 aliphatic heterocycles. The molecule has 0 saturated carbocycles. The summed E-state index contributed by atoms with van der Waals surface area (Å²) in [6, 6.07) is 14.5. The van der Waals surface area contributed by atoms with Gasteiger partial charge in [0, 0.05) is 24.7 Å². The number of urea groups is 1. The minimum absolute atomic E-state index is 0.183. The largest absolute Gasteiger partial charge is 0.336 e. The number of hydrogen-bond donors (Lipinski definition) is 3. The number of hydrogen-bond acceptors (Lipinski definition) is 2. The lowest BCUT2D eigenvalue weighted by atomic mass is 10.2. The number of rotatable bonds is 5. The molecule has 24 heavy (non-hydrogen) atoms. The van der Waals surface area contributed by atoms with Gasteiger partial charge in [0.15, 0.2) is 0 Å². The highest BCUT2D eigenvalue weighted by atomic mass is 35.5. The summed E-state index contributed by atoms with van der Waals surface area (Å²) in [6.45, 7) is 1.13. The van der Waals surface area contributed by atoms with Gasteiger partial charge in [-0.3, -0.25) is 4.57 Å². The normalized spacial score (nSPS) is 10.7. The number of halogens is 1. The van der Waals surface area contributed by atoms with E-state index in [1.165, 1.54) is 0 Å². The molecule has 0 aliphatic rings. The zero-order valence-corrected chi connectivity index (χ0v) is 13.6. The van der Waals surface area contributed by atoms with E-state index in [1.807, 2.05) is 36.4 Å². The summed E-state index contributed by atoms with van der Waals surface area (Å²) >= 11 is 5.90. The maximum atomic E-state index is 11.9. The van der Waals surface area contributed by atoms with E-state index < -0.39 is 0 Å². The minimum Gasteiger partial charge on any atom is -0.336 e. The van der Waals surface area contributed by atoms with Crippen molar-refractivity contribution in [2.45, 2.75) is 13.1 Å². The van der Waals surface area contributed by atoms with Crippen molar-refractivity contribution in [3.8, 4) is 0 Å². The fraction of sp³-hybridized carbons (Fsp3) is 0.176. The first kappa shape index (κ1) is 16.1. The molecule has 0 spiro atoms. The lowest BCUT2D eigenvalue weighted by Gasteiger charge is -2.08. The smallest absolute Gasteiger partial charge is 0.326 e. The number of nitrogens with zero attached hydrogens (tertiary/aromatic N) is 1. The van der Waals surface area contributed by atoms with Crippen LogP contribution >= 0.6 is 11.6 Å². The Morgan fingerprint density at radius 3 is 2.79 bits per heavy atom. The molecule has 1 aromatic heterocycles. The lowest BCUT2D eigenvalue weighted by molar-refractivity contribution is 0.240. The molecule has 124 valence electrons. The van der Waals surface area contributed by atoms with Crippen molar-refractivity contribution >= 4 is 28.7 Å². The van der Waals surface area contributed by atoms with E-state index in [0.29, 0.717) is 24.7 Å². The van der Waals surface area contributed by atoms with Crippen molar-refractivity contribution in [1.82, 2.24) is 20.2 Å². The molecule has 1 heterocycles. The molecule has 3 rings (SSSR count). The number of amides is 2. The van der Waals surface area contributed by atoms with Crippen LogP contribution in [-0.4, -0.2) is 22.1 Å². The Labute approximate surface area is 143 Å². The molecule has 0 radical (unpaired) electrons. The standard InChI is InChI=1S/C17H17ClN4O2/c18-13-5-3-4-12(10-13)11-20-16(23)19-8-9-22-15-7-2-1-6-14(15)21-17(22)24/h1-7,10H,8-9,11H2,(H,21,24)(H2,19,20,23). The van der Waals surface area contributed by atoms with Gasteiger partial charge in [0.25, 0.3) is 0 Å². The fourth-order valence-corrected chi connectivity index (χ4v) is 2.71. The molecular weight excluding hydrogens is 328 g/mol. The Bertz CT molecular complexity index is 916. The van der Waals surface area contributed by atoms with E-state index >= 15 is 0 Å². The number of para-hydroxylation sites is 2. The predicted octanol–water partition coefficient (Wildman–Crippen LogP) is 2.48. The average molecular weight is 345 g/mol. The third kappa shape index (κ3) is 3.78. The van der Waals surface area contributed by atoms with Crippen molar-refractivity contribution in [2.24, 2.45) is 0 Å². The number of carbonyl (C=O) groups is 1. The van der Waals surface area contributed by atoms with Crippen LogP contribution in [-0.2, 0) is 13.1 Å². The van der Waals surface area contributed by atoms with Crippen LogP contribution in [0, 0.1) is 0 Å². The van der Waals surface area contributed by atoms with E-state index in [1.54, 1.807) is 16.7 Å². The van der Waals surface area contributed by atoms with Gasteiger partial charge in [-0.2, -0.15) is 0 Å². The molecule has 0 atom stereocenters. The van der Waals surface area contributed by atoms with Gasteiger partial charge >= 0.3 is 11.7 Å². The number of H-pyrrole nitrogens is 1. The van der Waals surface area contributed by atoms with E-state index in [9.17, 15) is 9.59 Å². The van der Waals surface area contributed by atoms with Crippen LogP contribution in [0.4, 0.5) is 4.79 Å². The van der Waals surface area contributed by atoms with E-state index in [0.717, 1.165) is 16.6 Å². The summed E-state index contributed by atoms with van der Waals surface area (Å²) in [4.78, 5) is 26.5. The maximum Gasteiger partial charge on any atom is 0.326 e. The highest BCUT2D eigenvalue weighted by molar-refractivity contribution is 6.30. The Kier molecular flexibility index (Phi) is 4.86. The first-order chi connectivity index (χ1) is 11.6. The van der Waals surface area contributed by atoms with Crippen LogP contribution in [0.2, 0.25) is 5.02 Å². The third-order valence-corrected chi connectivity index (χ3v) is 3.88. The van der Waals surface area contributed by atoms with Crippen LogP contribution in [0.15, 0.2) is 53.3 Å². The topological polar surface area (TPSA) is 78.9 Å². The zero-order valence-electron chi connectivity index (χ0n) is 12.9. The molecule has 7 heteroatoms. The van der Waals surface area contributed by atoms with Gasteiger partial charge < -0.3 is 15.6 Å². The highest BCUT2D eigenvalue weighted by Gasteiger charge is 2.06. The second-order valence-electron chi connectivity index (χ2n) is 5.34. The van der Waals surface area contributed by atoms with Crippen molar-refractivity contribution in [3.63, 3.8) is 0 Å². The van der Waals surface area contributed by atoms with Crippen LogP contribution in [0.25, 0.3) is 11.0 Å². The second-order valence-corrected chi connectivity index (χ2v) is 5.77. The average Bonchev–Trinajstić information content (AvgIpc) is 2.89. The number of nitrogens with one attached hydrogen (secondary N) is 3. The predicted molar refractivity (Wildman–Crippen MR) is 94.2 cm³/mol. The van der Waals surface area contributed by atoms with Crippen LogP contribution in [0.3, 0.4) is 0 Å². The lowest BCUT2D eigenvalue weighted by Crippen LogP contribution is -2.37. The van der Waals surface area contributed by atoms with Crippen LogP contribution in [0.1, 0.15) is 5.56 Å². The molecule has 6 nitrogen and oxygen atoms in total. The Balaban J connectivity index is 1.51. The van der Waals surface area contributed by atoms with Gasteiger partial charge in [-0.25, -0.2) is 9.59 Å². The van der Waals surface area contributed by atoms with E-state index in [4.69, 9.17) is 11.6 Å². The van der Waals surface area contributed by atoms with Gasteiger partial charge in [0.1, 0.15) is 0 Å². The molecule has 0 fully saturated rings. The molecule has 2 amide bonds. The van der Waals surface area contributed by atoms with Crippen molar-refractivity contribution < 1.29 is 4.79 Å². The molecule has 0 saturated heterocycles. The summed E-state index contributed by atoms with van der Waals surface area (Å²) < 4.78 is 1.60. The van der Waals surface area contributed by atoms with Crippen molar-refractivity contribution in [1.29, 1.82) is 0 Å². The Hall–Kier alpha value is -2.73. The summed E-state index contributed by atoms with van der Waals surface area (Å²) in [5.74, 6) is 0. The van der Waals surface area contributed by atoms with Crippen LogP contribution < -0.4 is 16.3 Å². The monoisotopic (exact) mass is 344 g/mol. The molecule has 0 aliphatic carbocycles. The molecule has 0 unspecified atom stereocenters. The molecular formula is C17H17ClN4O2. The van der Waals surface area contributed by atoms with Crippen molar-refractivity contribution in [2.75, 3.05) is 6.54 Å². The number of carbonyl (C=O) groups excluding carboxylic acids is 1. The first-order valence-corrected chi connectivity index (χ1v) is 7.95. The summed E-state index contributed by atoms with van der Waals surface area (Å²) in [5, 5.41) is 6.13. The summed E-state index contributed by atoms with van der Waals surface area (Å²) in [5.41, 5.74) is 2.35. The summed E-state index contributed by atoms with van der Waals surface area (Å²) in [6.07, 6.45) is 0. The molecule has 2 aromatic carbocycles. The highest BCUT2D eigenvalue weighted by Crippen LogP contribution is 2.10.